The van der Waals surface area contributed by atoms with Gasteiger partial charge in [-0.25, -0.2) is 4.79 Å². The lowest BCUT2D eigenvalue weighted by molar-refractivity contribution is -0.140. The Morgan fingerprint density at radius 1 is 0.973 bits per heavy atom. The number of hydrogen-bond acceptors (Lipinski definition) is 7. The summed E-state index contributed by atoms with van der Waals surface area (Å²) in [5, 5.41) is 3.40. The summed E-state index contributed by atoms with van der Waals surface area (Å²) >= 11 is 0. The maximum absolute atomic E-state index is 13.8. The van der Waals surface area contributed by atoms with Gasteiger partial charge in [0.2, 0.25) is 0 Å². The fourth-order valence-electron chi connectivity index (χ4n) is 5.25. The van der Waals surface area contributed by atoms with E-state index in [4.69, 9.17) is 18.9 Å². The summed E-state index contributed by atoms with van der Waals surface area (Å²) in [7, 11) is 3.21. The molecule has 7 nitrogen and oxygen atoms in total. The van der Waals surface area contributed by atoms with Crippen molar-refractivity contribution in [2.24, 2.45) is 0 Å². The minimum atomic E-state index is -0.491. The highest BCUT2D eigenvalue weighted by Gasteiger charge is 2.41. The van der Waals surface area contributed by atoms with Crippen molar-refractivity contribution in [2.45, 2.75) is 45.4 Å². The maximum atomic E-state index is 13.8. The number of aryl methyl sites for hydroxylation is 1. The van der Waals surface area contributed by atoms with Crippen LogP contribution in [-0.4, -0.2) is 45.8 Å². The Morgan fingerprint density at radius 2 is 1.76 bits per heavy atom. The molecule has 0 aromatic heterocycles. The number of dihydropyridines is 1. The molecule has 0 amide bonds. The summed E-state index contributed by atoms with van der Waals surface area (Å²) in [5.41, 5.74) is 5.64. The molecule has 0 spiro atoms. The van der Waals surface area contributed by atoms with Gasteiger partial charge in [-0.2, -0.15) is 0 Å². The number of hydrogen-bond donors (Lipinski definition) is 1. The minimum Gasteiger partial charge on any atom is -0.493 e. The molecule has 0 saturated carbocycles. The topological polar surface area (TPSA) is 83.1 Å². The lowest BCUT2D eigenvalue weighted by Crippen LogP contribution is -2.36. The van der Waals surface area contributed by atoms with Gasteiger partial charge in [-0.05, 0) is 56.4 Å². The summed E-state index contributed by atoms with van der Waals surface area (Å²) < 4.78 is 21.8. The Kier molecular flexibility index (Phi) is 8.34. The van der Waals surface area contributed by atoms with E-state index in [1.165, 1.54) is 0 Å². The third kappa shape index (κ3) is 5.57. The Morgan fingerprint density at radius 3 is 2.46 bits per heavy atom. The molecular weight excluding hydrogens is 470 g/mol. The molecule has 1 aliphatic carbocycles. The first-order valence-electron chi connectivity index (χ1n) is 12.6. The summed E-state index contributed by atoms with van der Waals surface area (Å²) in [6.07, 6.45) is 0.979. The van der Waals surface area contributed by atoms with Gasteiger partial charge in [0.15, 0.2) is 17.3 Å². The molecule has 0 saturated heterocycles. The van der Waals surface area contributed by atoms with E-state index < -0.39 is 11.9 Å². The van der Waals surface area contributed by atoms with Crippen molar-refractivity contribution >= 4 is 11.8 Å². The summed E-state index contributed by atoms with van der Waals surface area (Å²) in [6.45, 7) is 6.81. The molecule has 2 aromatic rings. The van der Waals surface area contributed by atoms with Crippen LogP contribution in [0, 0.1) is 6.92 Å². The molecule has 2 atom stereocenters. The standard InChI is InChI=1S/C30H35NO6/c1-6-36-12-13-37-30(33)27-19(3)31-23-15-22(20-10-11-25(34-4)26(17-20)35-5)16-24(32)29(23)28(27)21-9-7-8-18(2)14-21/h7-11,14,17,22,28,31H,6,12-13,15-16H2,1-5H3/t22-,28-/m0/s1. The SMILES string of the molecule is CCOCCOC(=O)C1=C(C)NC2=C(C(=O)C[C@@H](c3ccc(OC)c(OC)c3)C2)[C@H]1c1cccc(C)c1. The van der Waals surface area contributed by atoms with Crippen LogP contribution in [0.5, 0.6) is 11.5 Å². The van der Waals surface area contributed by atoms with Gasteiger partial charge in [0, 0.05) is 35.9 Å². The summed E-state index contributed by atoms with van der Waals surface area (Å²) in [6, 6.07) is 13.8. The Labute approximate surface area is 218 Å². The molecule has 0 fully saturated rings. The van der Waals surface area contributed by atoms with Crippen molar-refractivity contribution in [2.75, 3.05) is 34.0 Å². The number of carbonyl (C=O) groups is 2. The van der Waals surface area contributed by atoms with Crippen LogP contribution in [0.1, 0.15) is 55.2 Å². The van der Waals surface area contributed by atoms with Gasteiger partial charge in [0.1, 0.15) is 6.61 Å². The Bertz CT molecular complexity index is 1240. The quantitative estimate of drug-likeness (QED) is 0.381. The van der Waals surface area contributed by atoms with Crippen LogP contribution < -0.4 is 14.8 Å². The number of benzene rings is 2. The van der Waals surface area contributed by atoms with Crippen LogP contribution in [0.15, 0.2) is 65.0 Å². The van der Waals surface area contributed by atoms with Crippen molar-refractivity contribution in [3.8, 4) is 11.5 Å². The largest absolute Gasteiger partial charge is 0.493 e. The fourth-order valence-corrected chi connectivity index (χ4v) is 5.25. The average Bonchev–Trinajstić information content (AvgIpc) is 2.89. The van der Waals surface area contributed by atoms with Crippen LogP contribution in [-0.2, 0) is 19.1 Å². The first-order chi connectivity index (χ1) is 17.9. The van der Waals surface area contributed by atoms with Crippen LogP contribution in [0.3, 0.4) is 0 Å². The number of rotatable bonds is 9. The van der Waals surface area contributed by atoms with E-state index in [0.29, 0.717) is 54.4 Å². The molecular formula is C30H35NO6. The summed E-state index contributed by atoms with van der Waals surface area (Å²) in [5.74, 6) is 0.355. The van der Waals surface area contributed by atoms with E-state index in [2.05, 4.69) is 5.32 Å². The fraction of sp³-hybridized carbons (Fsp3) is 0.400. The number of allylic oxidation sites excluding steroid dienone is 3. The van der Waals surface area contributed by atoms with Gasteiger partial charge >= 0.3 is 5.97 Å². The lowest BCUT2D eigenvalue weighted by Gasteiger charge is -2.37. The van der Waals surface area contributed by atoms with Gasteiger partial charge < -0.3 is 24.3 Å². The molecule has 7 heteroatoms. The number of ether oxygens (including phenoxy) is 4. The molecule has 4 rings (SSSR count). The lowest BCUT2D eigenvalue weighted by atomic mass is 9.71. The van der Waals surface area contributed by atoms with Gasteiger partial charge in [-0.15, -0.1) is 0 Å². The number of Topliss-reactive ketones (excluding diaryl/α,β-unsaturated/α-hetero) is 1. The van der Waals surface area contributed by atoms with E-state index >= 15 is 0 Å². The minimum absolute atomic E-state index is 0.0205. The number of esters is 1. The van der Waals surface area contributed by atoms with Crippen LogP contribution in [0.25, 0.3) is 0 Å². The molecule has 1 heterocycles. The molecule has 2 aromatic carbocycles. The zero-order valence-electron chi connectivity index (χ0n) is 22.2. The first-order valence-corrected chi connectivity index (χ1v) is 12.6. The molecule has 2 aliphatic rings. The molecule has 0 unspecified atom stereocenters. The predicted octanol–water partition coefficient (Wildman–Crippen LogP) is 4.95. The van der Waals surface area contributed by atoms with E-state index in [1.54, 1.807) is 14.2 Å². The molecule has 0 bridgehead atoms. The maximum Gasteiger partial charge on any atom is 0.336 e. The van der Waals surface area contributed by atoms with E-state index in [0.717, 1.165) is 22.4 Å². The van der Waals surface area contributed by atoms with Crippen molar-refractivity contribution in [3.63, 3.8) is 0 Å². The van der Waals surface area contributed by atoms with Gasteiger partial charge in [0.05, 0.1) is 26.4 Å². The zero-order chi connectivity index (χ0) is 26.5. The number of nitrogens with one attached hydrogen (secondary N) is 1. The second-order valence-corrected chi connectivity index (χ2v) is 9.38. The van der Waals surface area contributed by atoms with Crippen molar-refractivity contribution in [1.29, 1.82) is 0 Å². The third-order valence-electron chi connectivity index (χ3n) is 6.97. The zero-order valence-corrected chi connectivity index (χ0v) is 22.2. The number of methoxy groups -OCH3 is 2. The second kappa shape index (κ2) is 11.6. The molecule has 1 aliphatic heterocycles. The molecule has 0 radical (unpaired) electrons. The van der Waals surface area contributed by atoms with Crippen molar-refractivity contribution < 1.29 is 28.5 Å². The highest BCUT2D eigenvalue weighted by atomic mass is 16.6. The molecule has 196 valence electrons. The van der Waals surface area contributed by atoms with Gasteiger partial charge in [-0.3, -0.25) is 4.79 Å². The number of carbonyl (C=O) groups excluding carboxylic acids is 2. The van der Waals surface area contributed by atoms with Gasteiger partial charge in [0.25, 0.3) is 0 Å². The second-order valence-electron chi connectivity index (χ2n) is 9.38. The number of ketones is 1. The smallest absolute Gasteiger partial charge is 0.336 e. The van der Waals surface area contributed by atoms with Crippen LogP contribution in [0.4, 0.5) is 0 Å². The van der Waals surface area contributed by atoms with Crippen molar-refractivity contribution in [1.82, 2.24) is 5.32 Å². The van der Waals surface area contributed by atoms with E-state index in [1.807, 2.05) is 63.2 Å². The monoisotopic (exact) mass is 505 g/mol. The third-order valence-corrected chi connectivity index (χ3v) is 6.97. The van der Waals surface area contributed by atoms with Crippen LogP contribution in [0.2, 0.25) is 0 Å². The van der Waals surface area contributed by atoms with Gasteiger partial charge in [-0.1, -0.05) is 35.9 Å². The predicted molar refractivity (Wildman–Crippen MR) is 141 cm³/mol. The highest BCUT2D eigenvalue weighted by molar-refractivity contribution is 6.04. The molecule has 37 heavy (non-hydrogen) atoms. The van der Waals surface area contributed by atoms with Crippen LogP contribution >= 0.6 is 0 Å². The Balaban J connectivity index is 1.71. The van der Waals surface area contributed by atoms with Crippen molar-refractivity contribution in [3.05, 3.63) is 81.7 Å². The van der Waals surface area contributed by atoms with E-state index in [9.17, 15) is 9.59 Å². The first kappa shape index (κ1) is 26.5. The summed E-state index contributed by atoms with van der Waals surface area (Å²) in [4.78, 5) is 27.1. The highest BCUT2D eigenvalue weighted by Crippen LogP contribution is 2.46. The Hall–Kier alpha value is -3.58. The van der Waals surface area contributed by atoms with E-state index in [-0.39, 0.29) is 18.3 Å². The average molecular weight is 506 g/mol. The molecule has 1 N–H and O–H groups in total. The normalized spacial score (nSPS) is 19.3.